The van der Waals surface area contributed by atoms with Gasteiger partial charge in [-0.3, -0.25) is 19.0 Å². The summed E-state index contributed by atoms with van der Waals surface area (Å²) in [6.45, 7) is 5.51. The van der Waals surface area contributed by atoms with E-state index >= 15 is 0 Å². The Balaban J connectivity index is 1.43. The number of carbonyl (C=O) groups excluding carboxylic acids is 2. The largest absolute Gasteiger partial charge is 0.494 e. The van der Waals surface area contributed by atoms with E-state index in [2.05, 4.69) is 5.32 Å². The molecule has 5 rings (SSSR count). The van der Waals surface area contributed by atoms with Gasteiger partial charge in [0.25, 0.3) is 5.56 Å². The molecule has 2 aromatic heterocycles. The highest BCUT2D eigenvalue weighted by atomic mass is 32.2. The highest BCUT2D eigenvalue weighted by Crippen LogP contribution is 2.34. The molecule has 196 valence electrons. The number of carbonyl (C=O) groups is 2. The molecule has 1 aliphatic heterocycles. The number of nitrogens with one attached hydrogen (secondary N) is 1. The number of nitrogens with zero attached hydrogens (tertiary/aromatic N) is 3. The van der Waals surface area contributed by atoms with Gasteiger partial charge in [-0.1, -0.05) is 42.1 Å². The number of thioether (sulfide) groups is 1. The van der Waals surface area contributed by atoms with Crippen molar-refractivity contribution in [3.8, 4) is 5.75 Å². The second kappa shape index (κ2) is 11.4. The van der Waals surface area contributed by atoms with Crippen LogP contribution in [0.3, 0.4) is 0 Å². The number of thiophene rings is 1. The van der Waals surface area contributed by atoms with Gasteiger partial charge < -0.3 is 15.0 Å². The van der Waals surface area contributed by atoms with Crippen LogP contribution in [0, 0.1) is 0 Å². The maximum Gasteiger partial charge on any atom is 0.263 e. The number of anilines is 1. The standard InChI is InChI=1S/C28H28N4O4S2/c1-3-36-21-11-9-20(10-12-21)29-24(34)17-37-28-30-26-25(22-13-14-31(18(2)33)16-23(22)38-26)27(35)32(28)15-19-7-5-4-6-8-19/h4-12H,3,13-17H2,1-2H3,(H,29,34). The van der Waals surface area contributed by atoms with E-state index in [0.29, 0.717) is 53.7 Å². The number of amides is 2. The van der Waals surface area contributed by atoms with E-state index < -0.39 is 0 Å². The minimum Gasteiger partial charge on any atom is -0.494 e. The fraction of sp³-hybridized carbons (Fsp3) is 0.286. The molecule has 0 bridgehead atoms. The van der Waals surface area contributed by atoms with Gasteiger partial charge in [0.2, 0.25) is 11.8 Å². The van der Waals surface area contributed by atoms with E-state index in [0.717, 1.165) is 21.8 Å². The van der Waals surface area contributed by atoms with Crippen LogP contribution in [0.5, 0.6) is 5.75 Å². The third-order valence-electron chi connectivity index (χ3n) is 6.34. The molecule has 0 aliphatic carbocycles. The van der Waals surface area contributed by atoms with Crippen LogP contribution in [0.4, 0.5) is 5.69 Å². The average Bonchev–Trinajstić information content (AvgIpc) is 3.29. The first-order chi connectivity index (χ1) is 18.4. The lowest BCUT2D eigenvalue weighted by Gasteiger charge is -2.25. The first kappa shape index (κ1) is 26.0. The predicted molar refractivity (Wildman–Crippen MR) is 151 cm³/mol. The number of rotatable bonds is 8. The molecule has 10 heteroatoms. The summed E-state index contributed by atoms with van der Waals surface area (Å²) in [5.41, 5.74) is 2.53. The summed E-state index contributed by atoms with van der Waals surface area (Å²) in [4.78, 5) is 46.9. The molecule has 8 nitrogen and oxygen atoms in total. The van der Waals surface area contributed by atoms with Crippen LogP contribution in [0.1, 0.15) is 29.9 Å². The SMILES string of the molecule is CCOc1ccc(NC(=O)CSc2nc3sc4c(c3c(=O)n2Cc2ccccc2)CCN(C(C)=O)C4)cc1. The van der Waals surface area contributed by atoms with Gasteiger partial charge in [-0.15, -0.1) is 11.3 Å². The Kier molecular flexibility index (Phi) is 7.80. The molecule has 0 fully saturated rings. The van der Waals surface area contributed by atoms with Crippen LogP contribution in [-0.4, -0.2) is 45.2 Å². The third-order valence-corrected chi connectivity index (χ3v) is 8.42. The molecule has 3 heterocycles. The quantitative estimate of drug-likeness (QED) is 0.257. The molecule has 38 heavy (non-hydrogen) atoms. The van der Waals surface area contributed by atoms with Crippen molar-refractivity contribution in [2.45, 2.75) is 38.5 Å². The number of aromatic nitrogens is 2. The third kappa shape index (κ3) is 5.61. The minimum atomic E-state index is -0.192. The van der Waals surface area contributed by atoms with Crippen LogP contribution < -0.4 is 15.6 Å². The molecule has 1 N–H and O–H groups in total. The zero-order chi connectivity index (χ0) is 26.6. The van der Waals surface area contributed by atoms with Crippen molar-refractivity contribution >= 4 is 50.8 Å². The smallest absolute Gasteiger partial charge is 0.263 e. The molecule has 0 spiro atoms. The van der Waals surface area contributed by atoms with Crippen molar-refractivity contribution in [1.29, 1.82) is 0 Å². The van der Waals surface area contributed by atoms with E-state index in [1.54, 1.807) is 28.5 Å². The zero-order valence-electron chi connectivity index (χ0n) is 21.2. The lowest BCUT2D eigenvalue weighted by Crippen LogP contribution is -2.34. The molecular weight excluding hydrogens is 520 g/mol. The van der Waals surface area contributed by atoms with Crippen molar-refractivity contribution in [1.82, 2.24) is 14.5 Å². The summed E-state index contributed by atoms with van der Waals surface area (Å²) in [6, 6.07) is 17.0. The summed E-state index contributed by atoms with van der Waals surface area (Å²) in [5, 5.41) is 4.02. The van der Waals surface area contributed by atoms with Crippen molar-refractivity contribution in [2.75, 3.05) is 24.2 Å². The molecule has 4 aromatic rings. The lowest BCUT2D eigenvalue weighted by molar-refractivity contribution is -0.129. The normalized spacial score (nSPS) is 12.8. The van der Waals surface area contributed by atoms with Gasteiger partial charge in [0, 0.05) is 24.0 Å². The topological polar surface area (TPSA) is 93.5 Å². The number of benzene rings is 2. The highest BCUT2D eigenvalue weighted by Gasteiger charge is 2.26. The van der Waals surface area contributed by atoms with E-state index in [1.807, 2.05) is 49.4 Å². The maximum atomic E-state index is 13.8. The van der Waals surface area contributed by atoms with Crippen LogP contribution in [-0.2, 0) is 29.1 Å². The van der Waals surface area contributed by atoms with Crippen LogP contribution >= 0.6 is 23.1 Å². The maximum absolute atomic E-state index is 13.8. The van der Waals surface area contributed by atoms with Gasteiger partial charge >= 0.3 is 0 Å². The summed E-state index contributed by atoms with van der Waals surface area (Å²) in [6.07, 6.45) is 0.633. The lowest BCUT2D eigenvalue weighted by atomic mass is 10.1. The predicted octanol–water partition coefficient (Wildman–Crippen LogP) is 4.54. The Bertz CT molecular complexity index is 1530. The average molecular weight is 549 g/mol. The molecule has 0 saturated heterocycles. The minimum absolute atomic E-state index is 0.0253. The monoisotopic (exact) mass is 548 g/mol. The highest BCUT2D eigenvalue weighted by molar-refractivity contribution is 7.99. The molecule has 2 aromatic carbocycles. The van der Waals surface area contributed by atoms with Crippen molar-refractivity contribution < 1.29 is 14.3 Å². The number of fused-ring (bicyclic) bond motifs is 3. The van der Waals surface area contributed by atoms with E-state index in [4.69, 9.17) is 9.72 Å². The first-order valence-electron chi connectivity index (χ1n) is 12.4. The van der Waals surface area contributed by atoms with Gasteiger partial charge in [0.15, 0.2) is 5.16 Å². The fourth-order valence-corrected chi connectivity index (χ4v) is 6.55. The molecule has 0 radical (unpaired) electrons. The summed E-state index contributed by atoms with van der Waals surface area (Å²) in [7, 11) is 0. The number of hydrogen-bond acceptors (Lipinski definition) is 7. The van der Waals surface area contributed by atoms with Crippen molar-refractivity contribution in [2.24, 2.45) is 0 Å². The second-order valence-corrected chi connectivity index (χ2v) is 11.0. The Labute approximate surface area is 228 Å². The Hall–Kier alpha value is -3.63. The summed E-state index contributed by atoms with van der Waals surface area (Å²) in [5.74, 6) is 0.676. The van der Waals surface area contributed by atoms with Gasteiger partial charge in [0.1, 0.15) is 10.6 Å². The molecule has 2 amide bonds. The molecule has 0 unspecified atom stereocenters. The zero-order valence-corrected chi connectivity index (χ0v) is 22.9. The van der Waals surface area contributed by atoms with Crippen molar-refractivity contribution in [3.63, 3.8) is 0 Å². The van der Waals surface area contributed by atoms with E-state index in [1.165, 1.54) is 23.1 Å². The van der Waals surface area contributed by atoms with Crippen LogP contribution in [0.15, 0.2) is 64.5 Å². The fourth-order valence-electron chi connectivity index (χ4n) is 4.47. The molecule has 0 atom stereocenters. The van der Waals surface area contributed by atoms with E-state index in [-0.39, 0.29) is 23.1 Å². The Morgan fingerprint density at radius 3 is 2.61 bits per heavy atom. The molecule has 1 aliphatic rings. The number of hydrogen-bond donors (Lipinski definition) is 1. The Morgan fingerprint density at radius 1 is 1.13 bits per heavy atom. The van der Waals surface area contributed by atoms with E-state index in [9.17, 15) is 14.4 Å². The van der Waals surface area contributed by atoms with Crippen molar-refractivity contribution in [3.05, 3.63) is 81.0 Å². The van der Waals surface area contributed by atoms with Crippen LogP contribution in [0.2, 0.25) is 0 Å². The van der Waals surface area contributed by atoms with Gasteiger partial charge in [-0.05, 0) is 48.7 Å². The van der Waals surface area contributed by atoms with Gasteiger partial charge in [-0.2, -0.15) is 0 Å². The summed E-state index contributed by atoms with van der Waals surface area (Å²) >= 11 is 2.70. The number of ether oxygens (including phenoxy) is 1. The van der Waals surface area contributed by atoms with Gasteiger partial charge in [0.05, 0.1) is 30.8 Å². The molecular formula is C28H28N4O4S2. The first-order valence-corrected chi connectivity index (χ1v) is 14.2. The second-order valence-electron chi connectivity index (χ2n) is 8.94. The summed E-state index contributed by atoms with van der Waals surface area (Å²) < 4.78 is 7.11. The Morgan fingerprint density at radius 2 is 1.89 bits per heavy atom. The molecule has 0 saturated carbocycles. The van der Waals surface area contributed by atoms with Crippen LogP contribution in [0.25, 0.3) is 10.2 Å². The van der Waals surface area contributed by atoms with Gasteiger partial charge in [-0.25, -0.2) is 4.98 Å².